The van der Waals surface area contributed by atoms with E-state index in [9.17, 15) is 24.9 Å². The highest BCUT2D eigenvalue weighted by molar-refractivity contribution is 5.98. The Labute approximate surface area is 132 Å². The molecule has 3 N–H and O–H groups in total. The predicted molar refractivity (Wildman–Crippen MR) is 75.8 cm³/mol. The predicted octanol–water partition coefficient (Wildman–Crippen LogP) is -0.890. The van der Waals surface area contributed by atoms with Crippen LogP contribution in [-0.2, 0) is 14.2 Å². The van der Waals surface area contributed by atoms with Gasteiger partial charge in [-0.1, -0.05) is 18.2 Å². The molecule has 126 valence electrons. The van der Waals surface area contributed by atoms with Crippen molar-refractivity contribution in [3.8, 4) is 0 Å². The van der Waals surface area contributed by atoms with Crippen LogP contribution in [-0.4, -0.2) is 72.0 Å². The smallest absolute Gasteiger partial charge is 0.338 e. The third-order valence-corrected chi connectivity index (χ3v) is 3.59. The largest absolute Gasteiger partial charge is 0.459 e. The van der Waals surface area contributed by atoms with Crippen molar-refractivity contribution in [1.29, 1.82) is 0 Å². The molecule has 2 rings (SSSR count). The van der Waals surface area contributed by atoms with Crippen LogP contribution < -0.4 is 0 Å². The van der Waals surface area contributed by atoms with Gasteiger partial charge in [-0.05, 0) is 6.07 Å². The number of carbonyl (C=O) groups excluding carboxylic acids is 2. The van der Waals surface area contributed by atoms with Gasteiger partial charge in [-0.25, -0.2) is 4.79 Å². The first-order chi connectivity index (χ1) is 11.0. The van der Waals surface area contributed by atoms with E-state index in [1.807, 2.05) is 0 Å². The first kappa shape index (κ1) is 17.5. The molecule has 1 aromatic carbocycles. The summed E-state index contributed by atoms with van der Waals surface area (Å²) >= 11 is 0. The quantitative estimate of drug-likeness (QED) is 0.470. The maximum atomic E-state index is 12.0. The minimum absolute atomic E-state index is 0.0803. The van der Waals surface area contributed by atoms with Crippen LogP contribution in [0.2, 0.25) is 0 Å². The topological polar surface area (TPSA) is 123 Å². The van der Waals surface area contributed by atoms with Crippen molar-refractivity contribution < 1.29 is 39.1 Å². The molecule has 0 saturated carbocycles. The molecule has 1 aromatic rings. The maximum absolute atomic E-state index is 12.0. The lowest BCUT2D eigenvalue weighted by Crippen LogP contribution is -2.59. The molecule has 0 aromatic heterocycles. The van der Waals surface area contributed by atoms with E-state index in [0.717, 1.165) is 0 Å². The Balaban J connectivity index is 2.02. The Kier molecular flexibility index (Phi) is 5.80. The van der Waals surface area contributed by atoms with Gasteiger partial charge >= 0.3 is 5.97 Å². The van der Waals surface area contributed by atoms with Crippen LogP contribution in [0.15, 0.2) is 24.3 Å². The Morgan fingerprint density at radius 1 is 1.22 bits per heavy atom. The molecule has 0 radical (unpaired) electrons. The number of hydrogen-bond acceptors (Lipinski definition) is 8. The fraction of sp³-hybridized carbons (Fsp3) is 0.467. The Bertz CT molecular complexity index is 558. The van der Waals surface area contributed by atoms with Crippen molar-refractivity contribution in [3.05, 3.63) is 35.4 Å². The number of aliphatic hydroxyl groups excluding tert-OH is 3. The number of aldehydes is 1. The minimum atomic E-state index is -1.50. The average Bonchev–Trinajstić information content (AvgIpc) is 2.58. The first-order valence-corrected chi connectivity index (χ1v) is 6.93. The van der Waals surface area contributed by atoms with Crippen LogP contribution >= 0.6 is 0 Å². The van der Waals surface area contributed by atoms with E-state index in [1.54, 1.807) is 12.1 Å². The Morgan fingerprint density at radius 3 is 2.57 bits per heavy atom. The third-order valence-electron chi connectivity index (χ3n) is 3.59. The van der Waals surface area contributed by atoms with Gasteiger partial charge in [0.25, 0.3) is 0 Å². The number of rotatable bonds is 5. The molecule has 0 unspecified atom stereocenters. The number of hydrogen-bond donors (Lipinski definition) is 3. The van der Waals surface area contributed by atoms with E-state index in [4.69, 9.17) is 14.2 Å². The minimum Gasteiger partial charge on any atom is -0.459 e. The zero-order valence-corrected chi connectivity index (χ0v) is 12.4. The van der Waals surface area contributed by atoms with Crippen molar-refractivity contribution >= 4 is 12.3 Å². The van der Waals surface area contributed by atoms with Gasteiger partial charge in [-0.15, -0.1) is 0 Å². The number of aliphatic hydroxyl groups is 3. The Hall–Kier alpha value is -1.84. The van der Waals surface area contributed by atoms with Crippen molar-refractivity contribution in [2.24, 2.45) is 0 Å². The van der Waals surface area contributed by atoms with E-state index < -0.39 is 36.7 Å². The van der Waals surface area contributed by atoms with Gasteiger partial charge in [0.05, 0.1) is 5.56 Å². The van der Waals surface area contributed by atoms with Crippen LogP contribution in [0, 0.1) is 0 Å². The highest BCUT2D eigenvalue weighted by Gasteiger charge is 2.44. The van der Waals surface area contributed by atoms with Crippen molar-refractivity contribution in [1.82, 2.24) is 0 Å². The van der Waals surface area contributed by atoms with Gasteiger partial charge in [-0.2, -0.15) is 0 Å². The second-order valence-electron chi connectivity index (χ2n) is 5.05. The van der Waals surface area contributed by atoms with E-state index in [0.29, 0.717) is 6.29 Å². The van der Waals surface area contributed by atoms with Gasteiger partial charge < -0.3 is 29.5 Å². The highest BCUT2D eigenvalue weighted by atomic mass is 16.7. The molecule has 1 aliphatic heterocycles. The molecular weight excluding hydrogens is 308 g/mol. The van der Waals surface area contributed by atoms with E-state index >= 15 is 0 Å². The SMILES string of the molecule is CO[C@H]1O[C@H](COC(=O)c2ccccc2C=O)[C@@H](O)[C@H](O)[C@H]1O. The monoisotopic (exact) mass is 326 g/mol. The maximum Gasteiger partial charge on any atom is 0.338 e. The van der Waals surface area contributed by atoms with Gasteiger partial charge in [0.1, 0.15) is 31.0 Å². The molecule has 5 atom stereocenters. The summed E-state index contributed by atoms with van der Waals surface area (Å²) in [7, 11) is 1.27. The molecule has 23 heavy (non-hydrogen) atoms. The number of benzene rings is 1. The van der Waals surface area contributed by atoms with Gasteiger partial charge in [-0.3, -0.25) is 4.79 Å². The molecule has 0 bridgehead atoms. The zero-order chi connectivity index (χ0) is 17.0. The van der Waals surface area contributed by atoms with Crippen LogP contribution in [0.3, 0.4) is 0 Å². The number of ether oxygens (including phenoxy) is 3. The molecule has 0 spiro atoms. The van der Waals surface area contributed by atoms with Gasteiger partial charge in [0.2, 0.25) is 0 Å². The van der Waals surface area contributed by atoms with Crippen LogP contribution in [0.1, 0.15) is 20.7 Å². The molecule has 1 fully saturated rings. The lowest BCUT2D eigenvalue weighted by molar-refractivity contribution is -0.294. The van der Waals surface area contributed by atoms with Crippen molar-refractivity contribution in [3.63, 3.8) is 0 Å². The van der Waals surface area contributed by atoms with Gasteiger partial charge in [0, 0.05) is 12.7 Å². The third kappa shape index (κ3) is 3.74. The molecule has 8 heteroatoms. The van der Waals surface area contributed by atoms with Crippen LogP contribution in [0.4, 0.5) is 0 Å². The van der Waals surface area contributed by atoms with E-state index in [2.05, 4.69) is 0 Å². The van der Waals surface area contributed by atoms with E-state index in [-0.39, 0.29) is 17.7 Å². The summed E-state index contributed by atoms with van der Waals surface area (Å²) in [5, 5.41) is 29.2. The zero-order valence-electron chi connectivity index (χ0n) is 12.4. The van der Waals surface area contributed by atoms with Crippen LogP contribution in [0.25, 0.3) is 0 Å². The molecule has 0 aliphatic carbocycles. The lowest BCUT2D eigenvalue weighted by Gasteiger charge is -2.39. The fourth-order valence-electron chi connectivity index (χ4n) is 2.27. The second-order valence-corrected chi connectivity index (χ2v) is 5.05. The summed E-state index contributed by atoms with van der Waals surface area (Å²) in [5.41, 5.74) is 0.254. The van der Waals surface area contributed by atoms with Crippen molar-refractivity contribution in [2.75, 3.05) is 13.7 Å². The summed E-state index contributed by atoms with van der Waals surface area (Å²) in [6.45, 7) is -0.378. The Morgan fingerprint density at radius 2 is 1.91 bits per heavy atom. The molecule has 1 heterocycles. The summed E-state index contributed by atoms with van der Waals surface area (Å²) in [6.07, 6.45) is -6.07. The number of methoxy groups -OCH3 is 1. The molecule has 1 saturated heterocycles. The summed E-state index contributed by atoms with van der Waals surface area (Å²) in [6, 6.07) is 6.09. The number of esters is 1. The highest BCUT2D eigenvalue weighted by Crippen LogP contribution is 2.22. The second kappa shape index (κ2) is 7.62. The summed E-state index contributed by atoms with van der Waals surface area (Å²) in [4.78, 5) is 22.9. The lowest BCUT2D eigenvalue weighted by atomic mass is 9.99. The van der Waals surface area contributed by atoms with Crippen molar-refractivity contribution in [2.45, 2.75) is 30.7 Å². The normalized spacial score (nSPS) is 30.7. The molecule has 8 nitrogen and oxygen atoms in total. The summed E-state index contributed by atoms with van der Waals surface area (Å²) in [5.74, 6) is -0.766. The summed E-state index contributed by atoms with van der Waals surface area (Å²) < 4.78 is 15.1. The van der Waals surface area contributed by atoms with Crippen LogP contribution in [0.5, 0.6) is 0 Å². The first-order valence-electron chi connectivity index (χ1n) is 6.93. The molecule has 1 aliphatic rings. The fourth-order valence-corrected chi connectivity index (χ4v) is 2.27. The van der Waals surface area contributed by atoms with E-state index in [1.165, 1.54) is 19.2 Å². The average molecular weight is 326 g/mol. The standard InChI is InChI=1S/C15H18O8/c1-21-15-13(19)12(18)11(17)10(23-15)7-22-14(20)9-5-3-2-4-8(9)6-16/h2-6,10-13,15,17-19H,7H2,1H3/t10-,11-,12+,13-,15+/m1/s1. The molecular formula is C15H18O8. The number of carbonyl (C=O) groups is 2. The molecule has 0 amide bonds. The van der Waals surface area contributed by atoms with Gasteiger partial charge in [0.15, 0.2) is 12.6 Å².